The highest BCUT2D eigenvalue weighted by Gasteiger charge is 2.49. The predicted octanol–water partition coefficient (Wildman–Crippen LogP) is -1.73. The van der Waals surface area contributed by atoms with E-state index in [2.05, 4.69) is 39.4 Å². The third-order valence-electron chi connectivity index (χ3n) is 7.48. The smallest absolute Gasteiger partial charge is 0.325 e. The SMILES string of the molecule is Nc1nc2c(ncn2[C@@H]2O[C@H](COP(O)(=S)O[C@H]3[C@@H](O)[C@H](n4cnc5c(N)ncnc54)O[C@@H]3COP)[C@@H](O)[C@H]2CC=O)c(=O)[nH]1. The molecule has 10 atom stereocenters. The number of nitrogen functional groups attached to an aromatic ring is 2. The van der Waals surface area contributed by atoms with Crippen LogP contribution in [0.15, 0.2) is 23.8 Å². The van der Waals surface area contributed by atoms with E-state index in [1.165, 1.54) is 28.1 Å². The topological polar surface area (TPSA) is 283 Å². The van der Waals surface area contributed by atoms with E-state index in [4.69, 9.17) is 46.3 Å². The lowest BCUT2D eigenvalue weighted by molar-refractivity contribution is -0.110. The fourth-order valence-corrected chi connectivity index (χ4v) is 7.06. The average Bonchev–Trinajstić information content (AvgIpc) is 3.75. The molecule has 0 aliphatic carbocycles. The van der Waals surface area contributed by atoms with Gasteiger partial charge in [-0.3, -0.25) is 23.4 Å². The third-order valence-corrected chi connectivity index (χ3v) is 9.23. The van der Waals surface area contributed by atoms with Gasteiger partial charge in [0.2, 0.25) is 5.95 Å². The van der Waals surface area contributed by atoms with E-state index in [1.807, 2.05) is 0 Å². The molecule has 4 aromatic rings. The molecule has 0 amide bonds. The number of aldehydes is 1. The zero-order chi connectivity index (χ0) is 32.0. The quantitative estimate of drug-likeness (QED) is 0.0755. The molecule has 23 heteroatoms. The minimum Gasteiger partial charge on any atom is -0.390 e. The summed E-state index contributed by atoms with van der Waals surface area (Å²) in [4.78, 5) is 57.5. The number of aliphatic hydroxyl groups is 2. The van der Waals surface area contributed by atoms with Gasteiger partial charge in [-0.2, -0.15) is 4.98 Å². The van der Waals surface area contributed by atoms with Crippen LogP contribution in [-0.2, 0) is 39.6 Å². The van der Waals surface area contributed by atoms with Crippen molar-refractivity contribution in [2.24, 2.45) is 5.92 Å². The maximum Gasteiger partial charge on any atom is 0.325 e. The zero-order valence-corrected chi connectivity index (χ0v) is 25.8. The number of ether oxygens (including phenoxy) is 2. The second-order valence-corrected chi connectivity index (χ2v) is 13.3. The van der Waals surface area contributed by atoms with Crippen molar-refractivity contribution in [2.45, 2.75) is 49.4 Å². The molecule has 0 bridgehead atoms. The Bertz CT molecular complexity index is 1820. The normalized spacial score (nSPS) is 29.9. The second kappa shape index (κ2) is 12.6. The van der Waals surface area contributed by atoms with Crippen LogP contribution < -0.4 is 17.0 Å². The van der Waals surface area contributed by atoms with Crippen LogP contribution in [0, 0.1) is 5.92 Å². The van der Waals surface area contributed by atoms with E-state index in [0.717, 1.165) is 0 Å². The number of hydrogen-bond donors (Lipinski definition) is 6. The Kier molecular flexibility index (Phi) is 8.94. The molecule has 2 aliphatic heterocycles. The van der Waals surface area contributed by atoms with Crippen molar-refractivity contribution >= 4 is 68.4 Å². The molecule has 6 rings (SSSR count). The fraction of sp³-hybridized carbons (Fsp3) is 0.500. The Morgan fingerprint density at radius 2 is 1.76 bits per heavy atom. The highest BCUT2D eigenvalue weighted by molar-refractivity contribution is 8.07. The lowest BCUT2D eigenvalue weighted by atomic mass is 9.97. The summed E-state index contributed by atoms with van der Waals surface area (Å²) in [6, 6.07) is 0. The molecule has 2 aliphatic rings. The number of fused-ring (bicyclic) bond motifs is 2. The molecule has 2 unspecified atom stereocenters. The van der Waals surface area contributed by atoms with Gasteiger partial charge in [0.25, 0.3) is 5.56 Å². The van der Waals surface area contributed by atoms with E-state index in [1.54, 1.807) is 0 Å². The summed E-state index contributed by atoms with van der Waals surface area (Å²) < 4.78 is 31.2. The number of nitrogens with zero attached hydrogens (tertiary/aromatic N) is 7. The van der Waals surface area contributed by atoms with E-state index in [9.17, 15) is 24.7 Å². The van der Waals surface area contributed by atoms with Gasteiger partial charge >= 0.3 is 6.72 Å². The first-order valence-corrected chi connectivity index (χ1v) is 16.3. The molecule has 0 spiro atoms. The van der Waals surface area contributed by atoms with E-state index < -0.39 is 67.8 Å². The monoisotopic (exact) mass is 686 g/mol. The molecule has 2 fully saturated rings. The van der Waals surface area contributed by atoms with Crippen LogP contribution in [0.25, 0.3) is 22.3 Å². The molecule has 8 N–H and O–H groups in total. The first kappa shape index (κ1) is 31.9. The van der Waals surface area contributed by atoms with Gasteiger partial charge in [-0.1, -0.05) is 0 Å². The summed E-state index contributed by atoms with van der Waals surface area (Å²) in [5.74, 6) is -0.847. The minimum absolute atomic E-state index is 0.0228. The second-order valence-electron chi connectivity index (χ2n) is 10.2. The van der Waals surface area contributed by atoms with Crippen molar-refractivity contribution in [3.63, 3.8) is 0 Å². The number of nitrogens with one attached hydrogen (secondary N) is 1. The Morgan fingerprint density at radius 3 is 2.49 bits per heavy atom. The number of carbonyl (C=O) groups excluding carboxylic acids is 1. The van der Waals surface area contributed by atoms with E-state index in [0.29, 0.717) is 11.8 Å². The number of imidazole rings is 2. The van der Waals surface area contributed by atoms with Gasteiger partial charge in [0.1, 0.15) is 48.8 Å². The van der Waals surface area contributed by atoms with Gasteiger partial charge in [0.05, 0.1) is 32.0 Å². The van der Waals surface area contributed by atoms with Crippen molar-refractivity contribution in [3.8, 4) is 0 Å². The Balaban J connectivity index is 1.18. The summed E-state index contributed by atoms with van der Waals surface area (Å²) >= 11 is 5.24. The first-order valence-electron chi connectivity index (χ1n) is 13.3. The lowest BCUT2D eigenvalue weighted by Crippen LogP contribution is -2.36. The van der Waals surface area contributed by atoms with Crippen LogP contribution >= 0.6 is 16.2 Å². The number of hydrogen-bond acceptors (Lipinski definition) is 17. The predicted molar refractivity (Wildman–Crippen MR) is 159 cm³/mol. The van der Waals surface area contributed by atoms with Crippen LogP contribution in [0.4, 0.5) is 11.8 Å². The summed E-state index contributed by atoms with van der Waals surface area (Å²) in [6.07, 6.45) is -3.69. The van der Waals surface area contributed by atoms with Crippen LogP contribution in [0.5, 0.6) is 0 Å². The maximum atomic E-state index is 12.2. The van der Waals surface area contributed by atoms with Crippen LogP contribution in [-0.4, -0.2) is 104 Å². The zero-order valence-electron chi connectivity index (χ0n) is 23.0. The first-order chi connectivity index (χ1) is 21.5. The summed E-state index contributed by atoms with van der Waals surface area (Å²) in [5.41, 5.74) is 11.6. The molecule has 0 aromatic carbocycles. The largest absolute Gasteiger partial charge is 0.390 e. The van der Waals surface area contributed by atoms with Gasteiger partial charge < -0.3 is 49.9 Å². The molecule has 6 heterocycles. The van der Waals surface area contributed by atoms with Crippen molar-refractivity contribution in [3.05, 3.63) is 29.3 Å². The van der Waals surface area contributed by atoms with Crippen molar-refractivity contribution in [1.29, 1.82) is 0 Å². The number of aromatic nitrogens is 8. The standard InChI is InChI=1S/C22H28N10O10P2S/c23-16-11-17(26-5-25-16)31(6-27-11)21-14(35)15(10(41-21)3-38-43)42-44(37,45)39-4-9-13(34)8(1-2-33)20(40-9)32-7-28-12-18(32)29-22(24)30-19(12)36/h2,5-10,13-15,20-21,34-35H,1,3-4,43H2,(H,37,45)(H2,23,25,26)(H3,24,29,30,36)/t8-,9-,10-,13+,14-,15-,20-,21-,44?/m1/s1. The molecule has 0 saturated carbocycles. The Hall–Kier alpha value is -3.07. The van der Waals surface area contributed by atoms with Gasteiger partial charge in [-0.05, 0) is 11.8 Å². The Morgan fingerprint density at radius 1 is 1.04 bits per heavy atom. The van der Waals surface area contributed by atoms with Crippen molar-refractivity contribution in [1.82, 2.24) is 39.0 Å². The molecular formula is C22H28N10O10P2S. The van der Waals surface area contributed by atoms with Crippen molar-refractivity contribution < 1.29 is 42.9 Å². The van der Waals surface area contributed by atoms with Crippen molar-refractivity contribution in [2.75, 3.05) is 24.7 Å². The number of aromatic amines is 1. The van der Waals surface area contributed by atoms with Gasteiger partial charge in [0.15, 0.2) is 28.9 Å². The maximum absolute atomic E-state index is 12.2. The number of nitrogens with two attached hydrogens (primary N) is 2. The molecule has 4 aromatic heterocycles. The Labute approximate surface area is 259 Å². The number of H-pyrrole nitrogens is 1. The highest BCUT2D eigenvalue weighted by Crippen LogP contribution is 2.50. The highest BCUT2D eigenvalue weighted by atomic mass is 32.5. The van der Waals surface area contributed by atoms with Gasteiger partial charge in [-0.25, -0.2) is 19.9 Å². The van der Waals surface area contributed by atoms with Crippen LogP contribution in [0.1, 0.15) is 18.9 Å². The lowest BCUT2D eigenvalue weighted by Gasteiger charge is -2.26. The molecule has 2 saturated heterocycles. The van der Waals surface area contributed by atoms with Gasteiger partial charge in [0, 0.05) is 21.8 Å². The summed E-state index contributed by atoms with van der Waals surface area (Å²) in [6.45, 7) is -4.69. The minimum atomic E-state index is -4.14. The number of rotatable bonds is 11. The van der Waals surface area contributed by atoms with Crippen LogP contribution in [0.2, 0.25) is 0 Å². The summed E-state index contributed by atoms with van der Waals surface area (Å²) in [7, 11) is 2.06. The molecule has 45 heavy (non-hydrogen) atoms. The van der Waals surface area contributed by atoms with Crippen LogP contribution in [0.3, 0.4) is 0 Å². The number of carbonyl (C=O) groups is 1. The molecular weight excluding hydrogens is 658 g/mol. The van der Waals surface area contributed by atoms with E-state index >= 15 is 0 Å². The molecule has 242 valence electrons. The molecule has 20 nitrogen and oxygen atoms in total. The number of aliphatic hydroxyl groups excluding tert-OH is 2. The summed E-state index contributed by atoms with van der Waals surface area (Å²) in [5, 5.41) is 22.3. The number of anilines is 2. The molecule has 0 radical (unpaired) electrons. The van der Waals surface area contributed by atoms with Gasteiger partial charge in [-0.15, -0.1) is 0 Å². The average molecular weight is 687 g/mol. The van der Waals surface area contributed by atoms with E-state index in [-0.39, 0.29) is 41.6 Å². The third kappa shape index (κ3) is 5.97. The fourth-order valence-electron chi connectivity index (χ4n) is 5.43.